The highest BCUT2D eigenvalue weighted by Gasteiger charge is 2.15. The molecule has 0 unspecified atom stereocenters. The van der Waals surface area contributed by atoms with Crippen molar-refractivity contribution < 1.29 is 18.8 Å². The van der Waals surface area contributed by atoms with Crippen LogP contribution in [0.15, 0.2) is 51.9 Å². The number of anilines is 1. The van der Waals surface area contributed by atoms with Gasteiger partial charge in [-0.3, -0.25) is 4.79 Å². The fraction of sp³-hybridized carbons (Fsp3) is 0.238. The molecule has 2 aromatic carbocycles. The molecule has 146 valence electrons. The van der Waals surface area contributed by atoms with E-state index in [9.17, 15) is 4.79 Å². The smallest absolute Gasteiger partial charge is 0.256 e. The Morgan fingerprint density at radius 3 is 2.39 bits per heavy atom. The topological polar surface area (TPSA) is 73.6 Å². The summed E-state index contributed by atoms with van der Waals surface area (Å²) >= 11 is 1.58. The van der Waals surface area contributed by atoms with Crippen molar-refractivity contribution in [2.45, 2.75) is 24.5 Å². The number of amides is 1. The summed E-state index contributed by atoms with van der Waals surface area (Å²) in [6, 6.07) is 12.8. The van der Waals surface area contributed by atoms with Crippen molar-refractivity contribution in [3.05, 3.63) is 65.0 Å². The Labute approximate surface area is 168 Å². The molecular formula is C21H22N2O4S. The van der Waals surface area contributed by atoms with Gasteiger partial charge >= 0.3 is 0 Å². The molecule has 0 atom stereocenters. The van der Waals surface area contributed by atoms with E-state index in [1.165, 1.54) is 0 Å². The zero-order valence-electron chi connectivity index (χ0n) is 16.2. The number of nitrogens with zero attached hydrogens (tertiary/aromatic N) is 1. The number of carbonyl (C=O) groups excluding carboxylic acids is 1. The van der Waals surface area contributed by atoms with Crippen LogP contribution in [0.5, 0.6) is 11.5 Å². The van der Waals surface area contributed by atoms with Gasteiger partial charge in [-0.05, 0) is 26.0 Å². The van der Waals surface area contributed by atoms with E-state index in [4.69, 9.17) is 14.0 Å². The highest BCUT2D eigenvalue weighted by Crippen LogP contribution is 2.30. The maximum Gasteiger partial charge on any atom is 0.256 e. The molecule has 0 fully saturated rings. The number of hydrogen-bond acceptors (Lipinski definition) is 6. The standard InChI is InChI=1S/C21H22N2O4S/c1-13-19(14(2)27-23-13)12-28-20-8-6-5-7-18(20)21(24)22-15-9-16(25-3)11-17(10-15)26-4/h5-11H,12H2,1-4H3,(H,22,24). The summed E-state index contributed by atoms with van der Waals surface area (Å²) in [5.41, 5.74) is 3.13. The normalized spacial score (nSPS) is 10.6. The van der Waals surface area contributed by atoms with Crippen molar-refractivity contribution in [3.8, 4) is 11.5 Å². The summed E-state index contributed by atoms with van der Waals surface area (Å²) < 4.78 is 15.7. The molecule has 28 heavy (non-hydrogen) atoms. The van der Waals surface area contributed by atoms with Gasteiger partial charge in [0.2, 0.25) is 0 Å². The fourth-order valence-electron chi connectivity index (χ4n) is 2.72. The summed E-state index contributed by atoms with van der Waals surface area (Å²) in [7, 11) is 3.14. The zero-order valence-corrected chi connectivity index (χ0v) is 17.1. The molecule has 1 heterocycles. The largest absolute Gasteiger partial charge is 0.497 e. The maximum atomic E-state index is 12.9. The molecule has 6 nitrogen and oxygen atoms in total. The van der Waals surface area contributed by atoms with Crippen LogP contribution in [0.4, 0.5) is 5.69 Å². The average molecular weight is 398 g/mol. The number of carbonyl (C=O) groups is 1. The first-order valence-corrected chi connectivity index (χ1v) is 9.68. The lowest BCUT2D eigenvalue weighted by atomic mass is 10.2. The van der Waals surface area contributed by atoms with Gasteiger partial charge < -0.3 is 19.3 Å². The van der Waals surface area contributed by atoms with Gasteiger partial charge in [-0.1, -0.05) is 17.3 Å². The Kier molecular flexibility index (Phi) is 6.26. The van der Waals surface area contributed by atoms with Crippen LogP contribution in [0.3, 0.4) is 0 Å². The van der Waals surface area contributed by atoms with Crippen LogP contribution in [0.2, 0.25) is 0 Å². The molecule has 0 bridgehead atoms. The SMILES string of the molecule is COc1cc(NC(=O)c2ccccc2SCc2c(C)noc2C)cc(OC)c1. The minimum absolute atomic E-state index is 0.197. The minimum atomic E-state index is -0.197. The van der Waals surface area contributed by atoms with E-state index in [-0.39, 0.29) is 5.91 Å². The van der Waals surface area contributed by atoms with Gasteiger partial charge in [0.15, 0.2) is 0 Å². The molecule has 1 aromatic heterocycles. The highest BCUT2D eigenvalue weighted by molar-refractivity contribution is 7.98. The Hall–Kier alpha value is -2.93. The Morgan fingerprint density at radius 1 is 1.11 bits per heavy atom. The molecule has 3 rings (SSSR count). The predicted molar refractivity (Wildman–Crippen MR) is 109 cm³/mol. The van der Waals surface area contributed by atoms with Crippen molar-refractivity contribution in [3.63, 3.8) is 0 Å². The number of thioether (sulfide) groups is 1. The first-order chi connectivity index (χ1) is 13.5. The molecular weight excluding hydrogens is 376 g/mol. The predicted octanol–water partition coefficient (Wildman–Crippen LogP) is 4.85. The number of aromatic nitrogens is 1. The molecule has 1 amide bonds. The van der Waals surface area contributed by atoms with Crippen LogP contribution in [0.25, 0.3) is 0 Å². The average Bonchev–Trinajstić information content (AvgIpc) is 3.03. The van der Waals surface area contributed by atoms with Crippen LogP contribution < -0.4 is 14.8 Å². The number of ether oxygens (including phenoxy) is 2. The van der Waals surface area contributed by atoms with E-state index in [0.29, 0.717) is 28.5 Å². The lowest BCUT2D eigenvalue weighted by molar-refractivity contribution is 0.102. The van der Waals surface area contributed by atoms with E-state index in [1.807, 2.05) is 38.1 Å². The van der Waals surface area contributed by atoms with Gasteiger partial charge in [-0.15, -0.1) is 11.8 Å². The zero-order chi connectivity index (χ0) is 20.1. The molecule has 3 aromatic rings. The lowest BCUT2D eigenvalue weighted by Crippen LogP contribution is -2.13. The summed E-state index contributed by atoms with van der Waals surface area (Å²) in [6.45, 7) is 3.81. The molecule has 7 heteroatoms. The third-order valence-corrected chi connectivity index (χ3v) is 5.39. The van der Waals surface area contributed by atoms with E-state index in [2.05, 4.69) is 10.5 Å². The Morgan fingerprint density at radius 2 is 1.79 bits per heavy atom. The summed E-state index contributed by atoms with van der Waals surface area (Å²) in [5.74, 6) is 2.50. The van der Waals surface area contributed by atoms with E-state index < -0.39 is 0 Å². The number of nitrogens with one attached hydrogen (secondary N) is 1. The Bertz CT molecular complexity index is 943. The molecule has 0 saturated heterocycles. The summed E-state index contributed by atoms with van der Waals surface area (Å²) in [6.07, 6.45) is 0. The minimum Gasteiger partial charge on any atom is -0.497 e. The first kappa shape index (κ1) is 19.8. The van der Waals surface area contributed by atoms with Crippen molar-refractivity contribution in [1.29, 1.82) is 0 Å². The van der Waals surface area contributed by atoms with Crippen LogP contribution in [-0.4, -0.2) is 25.3 Å². The van der Waals surface area contributed by atoms with Crippen LogP contribution in [-0.2, 0) is 5.75 Å². The van der Waals surface area contributed by atoms with E-state index >= 15 is 0 Å². The van der Waals surface area contributed by atoms with E-state index in [1.54, 1.807) is 44.2 Å². The number of hydrogen-bond donors (Lipinski definition) is 1. The number of aryl methyl sites for hydroxylation is 2. The second-order valence-electron chi connectivity index (χ2n) is 6.14. The second-order valence-corrected chi connectivity index (χ2v) is 7.16. The van der Waals surface area contributed by atoms with Crippen molar-refractivity contribution in [1.82, 2.24) is 5.16 Å². The van der Waals surface area contributed by atoms with Gasteiger partial charge in [0.25, 0.3) is 5.91 Å². The molecule has 0 saturated carbocycles. The second kappa shape index (κ2) is 8.84. The van der Waals surface area contributed by atoms with Crippen molar-refractivity contribution >= 4 is 23.4 Å². The van der Waals surface area contributed by atoms with Crippen molar-refractivity contribution in [2.24, 2.45) is 0 Å². The molecule has 0 aliphatic heterocycles. The molecule has 0 aliphatic rings. The number of benzene rings is 2. The molecule has 1 N–H and O–H groups in total. The van der Waals surface area contributed by atoms with Crippen LogP contribution in [0, 0.1) is 13.8 Å². The van der Waals surface area contributed by atoms with Gasteiger partial charge in [0.1, 0.15) is 17.3 Å². The fourth-order valence-corrected chi connectivity index (χ4v) is 3.92. The van der Waals surface area contributed by atoms with Gasteiger partial charge in [0.05, 0.1) is 25.5 Å². The summed E-state index contributed by atoms with van der Waals surface area (Å²) in [4.78, 5) is 13.8. The monoisotopic (exact) mass is 398 g/mol. The third-order valence-electron chi connectivity index (χ3n) is 4.29. The summed E-state index contributed by atoms with van der Waals surface area (Å²) in [5, 5.41) is 6.90. The van der Waals surface area contributed by atoms with Gasteiger partial charge in [-0.25, -0.2) is 0 Å². The molecule has 0 spiro atoms. The highest BCUT2D eigenvalue weighted by atomic mass is 32.2. The van der Waals surface area contributed by atoms with Crippen LogP contribution in [0.1, 0.15) is 27.4 Å². The third kappa shape index (κ3) is 4.48. The Balaban J connectivity index is 1.79. The quantitative estimate of drug-likeness (QED) is 0.573. The van der Waals surface area contributed by atoms with Gasteiger partial charge in [0, 0.05) is 40.1 Å². The molecule has 0 aliphatic carbocycles. The van der Waals surface area contributed by atoms with Gasteiger partial charge in [-0.2, -0.15) is 0 Å². The van der Waals surface area contributed by atoms with Crippen LogP contribution >= 0.6 is 11.8 Å². The van der Waals surface area contributed by atoms with Crippen molar-refractivity contribution in [2.75, 3.05) is 19.5 Å². The number of rotatable bonds is 7. The van der Waals surface area contributed by atoms with E-state index in [0.717, 1.165) is 21.9 Å². The molecule has 0 radical (unpaired) electrons. The number of methoxy groups -OCH3 is 2. The lowest BCUT2D eigenvalue weighted by Gasteiger charge is -2.12. The first-order valence-electron chi connectivity index (χ1n) is 8.69. The maximum absolute atomic E-state index is 12.9.